The minimum atomic E-state index is -0.0518. The topological polar surface area (TPSA) is 70.2 Å². The molecule has 0 saturated heterocycles. The number of amides is 1. The number of aromatic nitrogens is 2. The summed E-state index contributed by atoms with van der Waals surface area (Å²) in [4.78, 5) is 21.7. The van der Waals surface area contributed by atoms with Gasteiger partial charge in [-0.25, -0.2) is 4.98 Å². The maximum atomic E-state index is 11.7. The van der Waals surface area contributed by atoms with E-state index < -0.39 is 0 Å². The number of halogens is 1. The predicted octanol–water partition coefficient (Wildman–Crippen LogP) is 1.52. The molecule has 0 atom stereocenters. The Hall–Kier alpha value is -1.56. The van der Waals surface area contributed by atoms with Gasteiger partial charge in [0.2, 0.25) is 11.9 Å². The molecule has 6 nitrogen and oxygen atoms in total. The molecule has 1 heterocycles. The highest BCUT2D eigenvalue weighted by molar-refractivity contribution is 6.32. The van der Waals surface area contributed by atoms with Gasteiger partial charge in [0.1, 0.15) is 5.02 Å². The van der Waals surface area contributed by atoms with E-state index in [1.807, 2.05) is 13.8 Å². The van der Waals surface area contributed by atoms with E-state index in [2.05, 4.69) is 20.6 Å². The third-order valence-electron chi connectivity index (χ3n) is 2.38. The average Bonchev–Trinajstić information content (AvgIpc) is 2.38. The van der Waals surface area contributed by atoms with Crippen LogP contribution in [0.15, 0.2) is 6.20 Å². The fraction of sp³-hybridized carbons (Fsp3) is 0.583. The molecule has 106 valence electrons. The molecule has 7 heteroatoms. The summed E-state index contributed by atoms with van der Waals surface area (Å²) in [6.07, 6.45) is 2.44. The van der Waals surface area contributed by atoms with E-state index in [0.29, 0.717) is 23.3 Å². The van der Waals surface area contributed by atoms with Crippen LogP contribution >= 0.6 is 11.6 Å². The molecule has 2 N–H and O–H groups in total. The number of hydrogen-bond donors (Lipinski definition) is 2. The molecule has 1 aromatic heterocycles. The molecule has 0 bridgehead atoms. The summed E-state index contributed by atoms with van der Waals surface area (Å²) >= 11 is 6.05. The van der Waals surface area contributed by atoms with Crippen molar-refractivity contribution in [1.82, 2.24) is 15.3 Å². The Labute approximate surface area is 118 Å². The van der Waals surface area contributed by atoms with Crippen molar-refractivity contribution in [2.45, 2.75) is 20.3 Å². The van der Waals surface area contributed by atoms with Crippen molar-refractivity contribution in [1.29, 1.82) is 0 Å². The number of anilines is 2. The Morgan fingerprint density at radius 1 is 1.47 bits per heavy atom. The van der Waals surface area contributed by atoms with Crippen LogP contribution in [0, 0.1) is 0 Å². The van der Waals surface area contributed by atoms with E-state index in [1.165, 1.54) is 6.20 Å². The quantitative estimate of drug-likeness (QED) is 0.795. The van der Waals surface area contributed by atoms with Gasteiger partial charge in [0.15, 0.2) is 5.82 Å². The van der Waals surface area contributed by atoms with Gasteiger partial charge in [-0.2, -0.15) is 4.98 Å². The lowest BCUT2D eigenvalue weighted by Gasteiger charge is -2.19. The smallest absolute Gasteiger partial charge is 0.239 e. The Kier molecular flexibility index (Phi) is 6.35. The average molecular weight is 286 g/mol. The zero-order chi connectivity index (χ0) is 14.3. The number of likely N-dealkylation sites (N-methyl/N-ethyl adjacent to an activating group) is 1. The Morgan fingerprint density at radius 2 is 2.21 bits per heavy atom. The maximum Gasteiger partial charge on any atom is 0.239 e. The van der Waals surface area contributed by atoms with Gasteiger partial charge in [-0.3, -0.25) is 4.79 Å². The molecule has 0 aliphatic carbocycles. The molecule has 1 amide bonds. The summed E-state index contributed by atoms with van der Waals surface area (Å²) in [5.41, 5.74) is 0. The molecule has 0 saturated carbocycles. The number of nitrogens with one attached hydrogen (secondary N) is 2. The van der Waals surface area contributed by atoms with Crippen LogP contribution in [0.4, 0.5) is 11.8 Å². The number of nitrogens with zero attached hydrogens (tertiary/aromatic N) is 3. The van der Waals surface area contributed by atoms with E-state index in [-0.39, 0.29) is 12.5 Å². The van der Waals surface area contributed by atoms with Crippen LogP contribution in [0.1, 0.15) is 20.3 Å². The number of carbonyl (C=O) groups is 1. The zero-order valence-corrected chi connectivity index (χ0v) is 12.3. The first-order valence-electron chi connectivity index (χ1n) is 6.32. The van der Waals surface area contributed by atoms with Crippen molar-refractivity contribution in [2.24, 2.45) is 0 Å². The normalized spacial score (nSPS) is 10.1. The number of carbonyl (C=O) groups excluding carboxylic acids is 1. The summed E-state index contributed by atoms with van der Waals surface area (Å²) < 4.78 is 0. The van der Waals surface area contributed by atoms with E-state index in [1.54, 1.807) is 11.9 Å². The molecule has 0 aromatic carbocycles. The van der Waals surface area contributed by atoms with Crippen LogP contribution in [0.2, 0.25) is 5.02 Å². The second kappa shape index (κ2) is 7.78. The van der Waals surface area contributed by atoms with Crippen molar-refractivity contribution in [3.05, 3.63) is 11.2 Å². The summed E-state index contributed by atoms with van der Waals surface area (Å²) in [7, 11) is 1.77. The van der Waals surface area contributed by atoms with E-state index in [4.69, 9.17) is 11.6 Å². The minimum absolute atomic E-state index is 0.0518. The van der Waals surface area contributed by atoms with Crippen LogP contribution in [0.25, 0.3) is 0 Å². The highest BCUT2D eigenvalue weighted by Gasteiger charge is 2.13. The monoisotopic (exact) mass is 285 g/mol. The van der Waals surface area contributed by atoms with Crippen LogP contribution < -0.4 is 15.5 Å². The molecule has 0 aliphatic heterocycles. The summed E-state index contributed by atoms with van der Waals surface area (Å²) in [6, 6.07) is 0. The molecular weight excluding hydrogens is 266 g/mol. The molecule has 0 spiro atoms. The highest BCUT2D eigenvalue weighted by Crippen LogP contribution is 2.22. The van der Waals surface area contributed by atoms with Gasteiger partial charge in [0, 0.05) is 20.1 Å². The summed E-state index contributed by atoms with van der Waals surface area (Å²) in [5, 5.41) is 6.24. The fourth-order valence-electron chi connectivity index (χ4n) is 1.48. The lowest BCUT2D eigenvalue weighted by molar-refractivity contribution is -0.119. The van der Waals surface area contributed by atoms with Gasteiger partial charge < -0.3 is 15.5 Å². The van der Waals surface area contributed by atoms with Crippen molar-refractivity contribution >= 4 is 29.3 Å². The standard InChI is InChI=1S/C12H20ClN5O/c1-4-6-15-10(19)8-18(3)11-9(13)7-16-12(17-11)14-5-2/h7H,4-6,8H2,1-3H3,(H,15,19)(H,14,16,17). The van der Waals surface area contributed by atoms with Gasteiger partial charge in [-0.05, 0) is 13.3 Å². The van der Waals surface area contributed by atoms with Crippen LogP contribution in [0.5, 0.6) is 0 Å². The molecule has 0 fully saturated rings. The molecule has 1 aromatic rings. The third kappa shape index (κ3) is 4.90. The van der Waals surface area contributed by atoms with Gasteiger partial charge in [-0.1, -0.05) is 18.5 Å². The molecule has 19 heavy (non-hydrogen) atoms. The van der Waals surface area contributed by atoms with E-state index >= 15 is 0 Å². The van der Waals surface area contributed by atoms with E-state index in [9.17, 15) is 4.79 Å². The van der Waals surface area contributed by atoms with Crippen molar-refractivity contribution < 1.29 is 4.79 Å². The molecular formula is C12H20ClN5O. The predicted molar refractivity (Wildman–Crippen MR) is 77.8 cm³/mol. The van der Waals surface area contributed by atoms with Crippen molar-refractivity contribution in [2.75, 3.05) is 36.9 Å². The van der Waals surface area contributed by atoms with Gasteiger partial charge >= 0.3 is 0 Å². The second-order valence-electron chi connectivity index (χ2n) is 4.10. The molecule has 0 radical (unpaired) electrons. The largest absolute Gasteiger partial charge is 0.355 e. The maximum absolute atomic E-state index is 11.7. The van der Waals surface area contributed by atoms with Crippen LogP contribution in [0.3, 0.4) is 0 Å². The van der Waals surface area contributed by atoms with E-state index in [0.717, 1.165) is 13.0 Å². The Balaban J connectivity index is 2.72. The number of rotatable bonds is 7. The fourth-order valence-corrected chi connectivity index (χ4v) is 1.72. The lowest BCUT2D eigenvalue weighted by atomic mass is 10.4. The molecule has 0 unspecified atom stereocenters. The van der Waals surface area contributed by atoms with Gasteiger partial charge in [0.05, 0.1) is 12.7 Å². The van der Waals surface area contributed by atoms with Gasteiger partial charge in [0.25, 0.3) is 0 Å². The Morgan fingerprint density at radius 3 is 2.84 bits per heavy atom. The highest BCUT2D eigenvalue weighted by atomic mass is 35.5. The molecule has 0 aliphatic rings. The SMILES string of the molecule is CCCNC(=O)CN(C)c1nc(NCC)ncc1Cl. The molecule has 1 rings (SSSR count). The second-order valence-corrected chi connectivity index (χ2v) is 4.51. The Bertz CT molecular complexity index is 427. The van der Waals surface area contributed by atoms with Crippen LogP contribution in [-0.4, -0.2) is 42.6 Å². The van der Waals surface area contributed by atoms with Gasteiger partial charge in [-0.15, -0.1) is 0 Å². The van der Waals surface area contributed by atoms with Crippen molar-refractivity contribution in [3.63, 3.8) is 0 Å². The summed E-state index contributed by atoms with van der Waals surface area (Å²) in [5.74, 6) is 0.992. The first kappa shape index (κ1) is 15.5. The van der Waals surface area contributed by atoms with Crippen LogP contribution in [-0.2, 0) is 4.79 Å². The lowest BCUT2D eigenvalue weighted by Crippen LogP contribution is -2.36. The minimum Gasteiger partial charge on any atom is -0.355 e. The third-order valence-corrected chi connectivity index (χ3v) is 2.64. The summed E-state index contributed by atoms with van der Waals surface area (Å²) in [6.45, 7) is 5.57. The van der Waals surface area contributed by atoms with Crippen molar-refractivity contribution in [3.8, 4) is 0 Å². The first-order chi connectivity index (χ1) is 9.08. The number of hydrogen-bond acceptors (Lipinski definition) is 5. The first-order valence-corrected chi connectivity index (χ1v) is 6.70. The zero-order valence-electron chi connectivity index (χ0n) is 11.5.